The van der Waals surface area contributed by atoms with Gasteiger partial charge >= 0.3 is 5.97 Å². The van der Waals surface area contributed by atoms with Crippen LogP contribution in [0, 0.1) is 6.92 Å². The number of anilines is 1. The standard InChI is InChI=1S/C10H9N3O4S2/c1-5-6(2-3-17-5)8(16)11-9-12-13-10(19-9)18-4-7(14)15/h2-3H,4H2,1H3,(H,14,15)(H,11,12,16). The third-order valence-electron chi connectivity index (χ3n) is 2.05. The average Bonchev–Trinajstić information content (AvgIpc) is 2.95. The largest absolute Gasteiger partial charge is 0.481 e. The van der Waals surface area contributed by atoms with Gasteiger partial charge in [-0.3, -0.25) is 14.9 Å². The van der Waals surface area contributed by atoms with E-state index in [-0.39, 0.29) is 11.7 Å². The molecule has 0 atom stereocenters. The Labute approximate surface area is 116 Å². The summed E-state index contributed by atoms with van der Waals surface area (Å²) in [5.74, 6) is -0.844. The number of carbonyl (C=O) groups excluding carboxylic acids is 1. The molecule has 0 unspecified atom stereocenters. The van der Waals surface area contributed by atoms with Crippen molar-refractivity contribution in [3.8, 4) is 0 Å². The molecule has 0 fully saturated rings. The molecular weight excluding hydrogens is 290 g/mol. The molecule has 0 saturated heterocycles. The highest BCUT2D eigenvalue weighted by atomic mass is 32.2. The summed E-state index contributed by atoms with van der Waals surface area (Å²) in [6.45, 7) is 1.68. The number of thioether (sulfide) groups is 1. The first kappa shape index (κ1) is 13.6. The van der Waals surface area contributed by atoms with E-state index in [2.05, 4.69) is 15.5 Å². The monoisotopic (exact) mass is 299 g/mol. The average molecular weight is 299 g/mol. The summed E-state index contributed by atoms with van der Waals surface area (Å²) in [5, 5.41) is 19.0. The summed E-state index contributed by atoms with van der Waals surface area (Å²) in [7, 11) is 0. The van der Waals surface area contributed by atoms with Gasteiger partial charge in [0.05, 0.1) is 17.6 Å². The normalized spacial score (nSPS) is 10.4. The maximum atomic E-state index is 11.8. The lowest BCUT2D eigenvalue weighted by Gasteiger charge is -1.98. The van der Waals surface area contributed by atoms with E-state index < -0.39 is 5.97 Å². The van der Waals surface area contributed by atoms with Gasteiger partial charge in [-0.1, -0.05) is 23.1 Å². The lowest BCUT2D eigenvalue weighted by molar-refractivity contribution is -0.133. The lowest BCUT2D eigenvalue weighted by Crippen LogP contribution is -2.11. The van der Waals surface area contributed by atoms with Crippen LogP contribution in [-0.4, -0.2) is 32.9 Å². The molecule has 19 heavy (non-hydrogen) atoms. The number of amides is 1. The van der Waals surface area contributed by atoms with Gasteiger partial charge in [0.15, 0.2) is 4.34 Å². The number of hydrogen-bond donors (Lipinski definition) is 2. The van der Waals surface area contributed by atoms with Crippen molar-refractivity contribution >= 4 is 40.1 Å². The van der Waals surface area contributed by atoms with E-state index >= 15 is 0 Å². The van der Waals surface area contributed by atoms with Gasteiger partial charge in [0, 0.05) is 0 Å². The quantitative estimate of drug-likeness (QED) is 0.641. The van der Waals surface area contributed by atoms with Crippen molar-refractivity contribution in [1.82, 2.24) is 10.2 Å². The molecule has 0 aliphatic rings. The summed E-state index contributed by atoms with van der Waals surface area (Å²) < 4.78 is 5.52. The van der Waals surface area contributed by atoms with Crippen LogP contribution in [0.2, 0.25) is 0 Å². The summed E-state index contributed by atoms with van der Waals surface area (Å²) in [5.41, 5.74) is 0.426. The SMILES string of the molecule is Cc1occc1C(=O)Nc1nnc(SCC(=O)O)s1. The zero-order valence-electron chi connectivity index (χ0n) is 9.74. The fraction of sp³-hybridized carbons (Fsp3) is 0.200. The van der Waals surface area contributed by atoms with Crippen LogP contribution in [0.3, 0.4) is 0 Å². The van der Waals surface area contributed by atoms with Gasteiger partial charge in [0.2, 0.25) is 5.13 Å². The molecule has 2 rings (SSSR count). The highest BCUT2D eigenvalue weighted by Crippen LogP contribution is 2.25. The van der Waals surface area contributed by atoms with E-state index in [0.29, 0.717) is 20.8 Å². The summed E-state index contributed by atoms with van der Waals surface area (Å²) >= 11 is 2.17. The second-order valence-electron chi connectivity index (χ2n) is 3.40. The second-order valence-corrected chi connectivity index (χ2v) is 5.60. The Bertz CT molecular complexity index is 607. The Balaban J connectivity index is 1.98. The maximum Gasteiger partial charge on any atom is 0.313 e. The molecule has 1 amide bonds. The number of aromatic nitrogens is 2. The number of nitrogens with zero attached hydrogens (tertiary/aromatic N) is 2. The van der Waals surface area contributed by atoms with Crippen molar-refractivity contribution in [3.05, 3.63) is 23.7 Å². The Morgan fingerprint density at radius 1 is 1.53 bits per heavy atom. The number of carbonyl (C=O) groups is 2. The molecule has 0 radical (unpaired) electrons. The zero-order valence-corrected chi connectivity index (χ0v) is 11.4. The fourth-order valence-electron chi connectivity index (χ4n) is 1.23. The number of carboxylic acids is 1. The molecule has 0 aliphatic heterocycles. The minimum atomic E-state index is -0.931. The van der Waals surface area contributed by atoms with Gasteiger partial charge in [-0.15, -0.1) is 10.2 Å². The fourth-order valence-corrected chi connectivity index (χ4v) is 2.69. The van der Waals surface area contributed by atoms with E-state index in [1.54, 1.807) is 13.0 Å². The molecule has 2 N–H and O–H groups in total. The molecule has 0 spiro atoms. The summed E-state index contributed by atoms with van der Waals surface area (Å²) in [6, 6.07) is 1.56. The molecule has 0 aromatic carbocycles. The molecular formula is C10H9N3O4S2. The highest BCUT2D eigenvalue weighted by Gasteiger charge is 2.14. The van der Waals surface area contributed by atoms with Gasteiger partial charge in [0.25, 0.3) is 5.91 Å². The molecule has 0 saturated carbocycles. The minimum Gasteiger partial charge on any atom is -0.481 e. The topological polar surface area (TPSA) is 105 Å². The van der Waals surface area contributed by atoms with Gasteiger partial charge in [0.1, 0.15) is 5.76 Å². The van der Waals surface area contributed by atoms with Crippen LogP contribution >= 0.6 is 23.1 Å². The number of aliphatic carboxylic acids is 1. The number of rotatable bonds is 5. The summed E-state index contributed by atoms with van der Waals surface area (Å²) in [6.07, 6.45) is 1.43. The molecule has 0 bridgehead atoms. The molecule has 2 heterocycles. The Morgan fingerprint density at radius 2 is 2.32 bits per heavy atom. The maximum absolute atomic E-state index is 11.8. The molecule has 7 nitrogen and oxygen atoms in total. The van der Waals surface area contributed by atoms with E-state index in [9.17, 15) is 9.59 Å². The molecule has 2 aromatic rings. The number of nitrogens with one attached hydrogen (secondary N) is 1. The van der Waals surface area contributed by atoms with Gasteiger partial charge in [-0.05, 0) is 13.0 Å². The first-order valence-corrected chi connectivity index (χ1v) is 6.90. The number of furan rings is 1. The smallest absolute Gasteiger partial charge is 0.313 e. The van der Waals surface area contributed by atoms with E-state index in [1.165, 1.54) is 6.26 Å². The molecule has 2 aromatic heterocycles. The Kier molecular flexibility index (Phi) is 4.17. The second kappa shape index (κ2) is 5.85. The summed E-state index contributed by atoms with van der Waals surface area (Å²) in [4.78, 5) is 22.2. The van der Waals surface area contributed by atoms with Gasteiger partial charge < -0.3 is 9.52 Å². The van der Waals surface area contributed by atoms with Crippen molar-refractivity contribution < 1.29 is 19.1 Å². The third-order valence-corrected chi connectivity index (χ3v) is 4.01. The van der Waals surface area contributed by atoms with Crippen LogP contribution in [0.4, 0.5) is 5.13 Å². The van der Waals surface area contributed by atoms with Gasteiger partial charge in [-0.2, -0.15) is 0 Å². The van der Waals surface area contributed by atoms with Crippen LogP contribution in [0.5, 0.6) is 0 Å². The number of carboxylic acid groups (broad SMARTS) is 1. The number of aryl methyl sites for hydroxylation is 1. The van der Waals surface area contributed by atoms with Crippen molar-refractivity contribution in [2.45, 2.75) is 11.3 Å². The lowest BCUT2D eigenvalue weighted by atomic mass is 10.2. The van der Waals surface area contributed by atoms with E-state index in [4.69, 9.17) is 9.52 Å². The highest BCUT2D eigenvalue weighted by molar-refractivity contribution is 8.01. The van der Waals surface area contributed by atoms with Crippen molar-refractivity contribution in [2.75, 3.05) is 11.1 Å². The van der Waals surface area contributed by atoms with Crippen LogP contribution < -0.4 is 5.32 Å². The van der Waals surface area contributed by atoms with Crippen LogP contribution in [-0.2, 0) is 4.79 Å². The van der Waals surface area contributed by atoms with Crippen LogP contribution in [0.25, 0.3) is 0 Å². The van der Waals surface area contributed by atoms with Crippen LogP contribution in [0.15, 0.2) is 21.1 Å². The zero-order chi connectivity index (χ0) is 13.8. The van der Waals surface area contributed by atoms with Crippen molar-refractivity contribution in [3.63, 3.8) is 0 Å². The third kappa shape index (κ3) is 3.55. The predicted molar refractivity (Wildman–Crippen MR) is 69.7 cm³/mol. The van der Waals surface area contributed by atoms with Gasteiger partial charge in [-0.25, -0.2) is 0 Å². The number of hydrogen-bond acceptors (Lipinski definition) is 7. The first-order valence-electron chi connectivity index (χ1n) is 5.10. The van der Waals surface area contributed by atoms with E-state index in [0.717, 1.165) is 23.1 Å². The van der Waals surface area contributed by atoms with Crippen molar-refractivity contribution in [2.24, 2.45) is 0 Å². The van der Waals surface area contributed by atoms with Crippen LogP contribution in [0.1, 0.15) is 16.1 Å². The molecule has 9 heteroatoms. The van der Waals surface area contributed by atoms with Crippen molar-refractivity contribution in [1.29, 1.82) is 0 Å². The molecule has 0 aliphatic carbocycles. The van der Waals surface area contributed by atoms with E-state index in [1.807, 2.05) is 0 Å². The first-order chi connectivity index (χ1) is 9.06. The molecule has 100 valence electrons. The Morgan fingerprint density at radius 3 is 2.95 bits per heavy atom. The Hall–Kier alpha value is -1.87. The predicted octanol–water partition coefficient (Wildman–Crippen LogP) is 1.87. The minimum absolute atomic E-state index is 0.0938.